The molecule has 0 saturated carbocycles. The molecule has 1 saturated heterocycles. The summed E-state index contributed by atoms with van der Waals surface area (Å²) in [6.45, 7) is 8.75. The lowest BCUT2D eigenvalue weighted by molar-refractivity contribution is -0.677. The number of hydrogen-bond acceptors (Lipinski definition) is 3. The predicted octanol–water partition coefficient (Wildman–Crippen LogP) is 1.16. The molecular weight excluding hydrogens is 282 g/mol. The summed E-state index contributed by atoms with van der Waals surface area (Å²) in [7, 11) is 1.65. The Morgan fingerprint density at radius 1 is 1.45 bits per heavy atom. The minimum atomic E-state index is -0.561. The first-order chi connectivity index (χ1) is 10.5. The van der Waals surface area contributed by atoms with E-state index in [1.807, 2.05) is 17.7 Å². The lowest BCUT2D eigenvalue weighted by atomic mass is 10.1. The number of amides is 3. The Balaban J connectivity index is 2.10. The second-order valence-electron chi connectivity index (χ2n) is 5.58. The van der Waals surface area contributed by atoms with Crippen molar-refractivity contribution in [2.45, 2.75) is 32.9 Å². The highest BCUT2D eigenvalue weighted by Crippen LogP contribution is 2.29. The first-order valence-corrected chi connectivity index (χ1v) is 7.41. The zero-order valence-electron chi connectivity index (χ0n) is 13.1. The average molecular weight is 302 g/mol. The Morgan fingerprint density at radius 3 is 2.82 bits per heavy atom. The van der Waals surface area contributed by atoms with Crippen LogP contribution in [0.2, 0.25) is 0 Å². The van der Waals surface area contributed by atoms with Gasteiger partial charge < -0.3 is 0 Å². The molecule has 1 unspecified atom stereocenters. The monoisotopic (exact) mass is 302 g/mol. The Hall–Kier alpha value is -2.44. The van der Waals surface area contributed by atoms with E-state index in [9.17, 15) is 9.59 Å². The van der Waals surface area contributed by atoms with Gasteiger partial charge in [0.15, 0.2) is 0 Å². The average Bonchev–Trinajstić information content (AvgIpc) is 2.99. The van der Waals surface area contributed by atoms with Crippen LogP contribution in [-0.4, -0.2) is 45.7 Å². The number of imidazole rings is 1. The number of carbonyl (C=O) groups excluding carboxylic acids is 2. The van der Waals surface area contributed by atoms with Gasteiger partial charge in [0.1, 0.15) is 11.9 Å². The van der Waals surface area contributed by atoms with Crippen molar-refractivity contribution in [2.75, 3.05) is 13.6 Å². The molecule has 3 heterocycles. The molecule has 0 aromatic carbocycles. The third-order valence-corrected chi connectivity index (χ3v) is 4.08. The molecule has 3 rings (SSSR count). The number of aromatic nitrogens is 2. The highest BCUT2D eigenvalue weighted by molar-refractivity contribution is 6.19. The van der Waals surface area contributed by atoms with E-state index >= 15 is 0 Å². The van der Waals surface area contributed by atoms with Crippen LogP contribution in [0.1, 0.15) is 25.1 Å². The van der Waals surface area contributed by atoms with Crippen molar-refractivity contribution in [1.29, 1.82) is 0 Å². The van der Waals surface area contributed by atoms with Crippen LogP contribution < -0.4 is 4.57 Å². The second kappa shape index (κ2) is 5.08. The summed E-state index contributed by atoms with van der Waals surface area (Å²) in [6.07, 6.45) is 4.46. The van der Waals surface area contributed by atoms with Gasteiger partial charge in [0, 0.05) is 13.6 Å². The first kappa shape index (κ1) is 14.5. The van der Waals surface area contributed by atoms with Crippen LogP contribution in [0.5, 0.6) is 0 Å². The maximum absolute atomic E-state index is 12.7. The summed E-state index contributed by atoms with van der Waals surface area (Å²) in [5.74, 6) is 0.974. The summed E-state index contributed by atoms with van der Waals surface area (Å²) in [4.78, 5) is 32.2. The number of rotatable bonds is 4. The van der Waals surface area contributed by atoms with Crippen LogP contribution in [0.3, 0.4) is 0 Å². The zero-order valence-corrected chi connectivity index (χ0v) is 13.1. The molecule has 2 aliphatic heterocycles. The van der Waals surface area contributed by atoms with E-state index in [2.05, 4.69) is 23.1 Å². The largest absolute Gasteiger partial charge is 0.401 e. The van der Waals surface area contributed by atoms with Gasteiger partial charge in [0.05, 0.1) is 6.54 Å². The number of aryl methyl sites for hydroxylation is 1. The Labute approximate surface area is 129 Å². The molecular formula is C15H20N5O2+. The fourth-order valence-electron chi connectivity index (χ4n) is 3.03. The summed E-state index contributed by atoms with van der Waals surface area (Å²) in [6, 6.07) is -0.918. The van der Waals surface area contributed by atoms with Crippen LogP contribution in [0.4, 0.5) is 10.7 Å². The van der Waals surface area contributed by atoms with E-state index in [-0.39, 0.29) is 18.5 Å². The van der Waals surface area contributed by atoms with Gasteiger partial charge in [0.2, 0.25) is 11.9 Å². The van der Waals surface area contributed by atoms with Gasteiger partial charge >= 0.3 is 12.0 Å². The number of amidine groups is 1. The normalized spacial score (nSPS) is 20.1. The third kappa shape index (κ3) is 1.81. The van der Waals surface area contributed by atoms with Gasteiger partial charge in [0.25, 0.3) is 5.91 Å². The minimum absolute atomic E-state index is 0.205. The molecule has 1 fully saturated rings. The molecule has 0 radical (unpaired) electrons. The lowest BCUT2D eigenvalue weighted by Crippen LogP contribution is -2.62. The number of likely N-dealkylation sites (N-methyl/N-ethyl adjacent to an activating group) is 1. The molecule has 1 atom stereocenters. The molecule has 0 N–H and O–H groups in total. The van der Waals surface area contributed by atoms with Crippen molar-refractivity contribution < 1.29 is 14.2 Å². The summed E-state index contributed by atoms with van der Waals surface area (Å²) in [5, 5.41) is 0. The third-order valence-electron chi connectivity index (χ3n) is 4.08. The van der Waals surface area contributed by atoms with E-state index in [1.165, 1.54) is 9.80 Å². The number of nitrogens with zero attached hydrogens (tertiary/aromatic N) is 5. The smallest absolute Gasteiger partial charge is 0.270 e. The Morgan fingerprint density at radius 2 is 2.18 bits per heavy atom. The topological polar surface area (TPSA) is 61.8 Å². The standard InChI is InChI=1S/C15H20N5O2/c1-5-7-18-10(3)9-20-11-12(16-14(18)20)17(4)15(22)19(8-6-2)13(11)21/h6,9,11H,2,5,7-8H2,1,3-4H3/q+1. The number of hydrogen-bond donors (Lipinski definition) is 0. The summed E-state index contributed by atoms with van der Waals surface area (Å²) >= 11 is 0. The van der Waals surface area contributed by atoms with Crippen molar-refractivity contribution in [1.82, 2.24) is 14.4 Å². The van der Waals surface area contributed by atoms with Crippen molar-refractivity contribution in [3.8, 4) is 0 Å². The SMILES string of the molecule is C=CCN1C(=O)C2C(=Nc3n(CCC)c(C)c[n+]32)N(C)C1=O. The van der Waals surface area contributed by atoms with Crippen LogP contribution in [-0.2, 0) is 11.3 Å². The van der Waals surface area contributed by atoms with Crippen LogP contribution in [0.25, 0.3) is 0 Å². The second-order valence-corrected chi connectivity index (χ2v) is 5.58. The molecule has 7 heteroatoms. The maximum atomic E-state index is 12.7. The molecule has 1 aromatic rings. The fraction of sp³-hybridized carbons (Fsp3) is 0.467. The summed E-state index contributed by atoms with van der Waals surface area (Å²) < 4.78 is 3.94. The van der Waals surface area contributed by atoms with Gasteiger partial charge in [-0.25, -0.2) is 13.9 Å². The van der Waals surface area contributed by atoms with Crippen molar-refractivity contribution in [3.05, 3.63) is 24.5 Å². The van der Waals surface area contributed by atoms with E-state index in [1.54, 1.807) is 13.1 Å². The minimum Gasteiger partial charge on any atom is -0.270 e. The maximum Gasteiger partial charge on any atom is 0.401 e. The molecule has 22 heavy (non-hydrogen) atoms. The van der Waals surface area contributed by atoms with Crippen LogP contribution in [0.15, 0.2) is 23.8 Å². The van der Waals surface area contributed by atoms with Gasteiger partial charge in [-0.3, -0.25) is 14.6 Å². The highest BCUT2D eigenvalue weighted by Gasteiger charge is 2.52. The number of urea groups is 1. The van der Waals surface area contributed by atoms with Crippen LogP contribution >= 0.6 is 0 Å². The molecule has 7 nitrogen and oxygen atoms in total. The number of aliphatic imine (C=N–C) groups is 1. The van der Waals surface area contributed by atoms with E-state index < -0.39 is 6.04 Å². The Kier molecular flexibility index (Phi) is 3.35. The molecule has 0 aliphatic carbocycles. The number of carbonyl (C=O) groups is 2. The molecule has 2 aliphatic rings. The van der Waals surface area contributed by atoms with E-state index in [0.29, 0.717) is 5.84 Å². The zero-order chi connectivity index (χ0) is 16.0. The molecule has 0 spiro atoms. The van der Waals surface area contributed by atoms with Gasteiger partial charge in [-0.15, -0.1) is 6.58 Å². The van der Waals surface area contributed by atoms with Gasteiger partial charge in [-0.2, -0.15) is 0 Å². The van der Waals surface area contributed by atoms with Gasteiger partial charge in [-0.05, 0) is 13.3 Å². The van der Waals surface area contributed by atoms with Crippen molar-refractivity contribution in [2.24, 2.45) is 4.99 Å². The lowest BCUT2D eigenvalue weighted by Gasteiger charge is -2.32. The molecule has 3 amide bonds. The quantitative estimate of drug-likeness (QED) is 0.619. The van der Waals surface area contributed by atoms with Crippen molar-refractivity contribution in [3.63, 3.8) is 0 Å². The molecule has 0 bridgehead atoms. The van der Waals surface area contributed by atoms with Crippen molar-refractivity contribution >= 4 is 23.7 Å². The Bertz CT molecular complexity index is 703. The van der Waals surface area contributed by atoms with E-state index in [0.717, 1.165) is 24.6 Å². The first-order valence-electron chi connectivity index (χ1n) is 7.41. The predicted molar refractivity (Wildman–Crippen MR) is 80.9 cm³/mol. The fourth-order valence-corrected chi connectivity index (χ4v) is 3.03. The summed E-state index contributed by atoms with van der Waals surface area (Å²) in [5.41, 5.74) is 1.06. The van der Waals surface area contributed by atoms with Gasteiger partial charge in [-0.1, -0.05) is 18.0 Å². The van der Waals surface area contributed by atoms with E-state index in [4.69, 9.17) is 0 Å². The highest BCUT2D eigenvalue weighted by atomic mass is 16.2. The number of fused-ring (bicyclic) bond motifs is 3. The molecule has 1 aromatic heterocycles. The number of imide groups is 1. The van der Waals surface area contributed by atoms with Crippen LogP contribution in [0, 0.1) is 6.92 Å². The molecule has 116 valence electrons.